The van der Waals surface area contributed by atoms with Crippen LogP contribution in [-0.4, -0.2) is 49.1 Å². The summed E-state index contributed by atoms with van der Waals surface area (Å²) in [7, 11) is 0. The van der Waals surface area contributed by atoms with Crippen molar-refractivity contribution in [2.45, 2.75) is 26.3 Å². The molecule has 1 aromatic rings. The van der Waals surface area contributed by atoms with Gasteiger partial charge in [-0.15, -0.1) is 0 Å². The minimum Gasteiger partial charge on any atom is -0.324 e. The van der Waals surface area contributed by atoms with E-state index in [0.717, 1.165) is 45.1 Å². The quantitative estimate of drug-likeness (QED) is 0.874. The van der Waals surface area contributed by atoms with E-state index in [-0.39, 0.29) is 11.9 Å². The van der Waals surface area contributed by atoms with Gasteiger partial charge in [0.05, 0.1) is 0 Å². The number of benzene rings is 1. The van der Waals surface area contributed by atoms with Crippen molar-refractivity contribution >= 4 is 0 Å². The lowest BCUT2D eigenvalue weighted by molar-refractivity contribution is 0.120. The van der Waals surface area contributed by atoms with Crippen LogP contribution in [0.2, 0.25) is 0 Å². The van der Waals surface area contributed by atoms with Gasteiger partial charge in [-0.3, -0.25) is 0 Å². The minimum atomic E-state index is -0.208. The van der Waals surface area contributed by atoms with Crippen LogP contribution >= 0.6 is 0 Å². The molecule has 1 aliphatic rings. The van der Waals surface area contributed by atoms with E-state index < -0.39 is 0 Å². The summed E-state index contributed by atoms with van der Waals surface area (Å²) in [5.74, 6) is 0.540. The first kappa shape index (κ1) is 16.4. The third-order valence-electron chi connectivity index (χ3n) is 4.15. The third kappa shape index (κ3) is 5.06. The number of nitrogens with two attached hydrogens (primary N) is 1. The van der Waals surface area contributed by atoms with Gasteiger partial charge >= 0.3 is 0 Å². The molecule has 0 amide bonds. The zero-order chi connectivity index (χ0) is 15.2. The summed E-state index contributed by atoms with van der Waals surface area (Å²) in [5.41, 5.74) is 6.76. The molecule has 1 unspecified atom stereocenters. The van der Waals surface area contributed by atoms with Crippen LogP contribution < -0.4 is 5.73 Å². The van der Waals surface area contributed by atoms with Crippen molar-refractivity contribution in [1.29, 1.82) is 0 Å². The fourth-order valence-electron chi connectivity index (χ4n) is 2.96. The molecule has 2 N–H and O–H groups in total. The highest BCUT2D eigenvalue weighted by Gasteiger charge is 2.18. The average Bonchev–Trinajstić information content (AvgIpc) is 2.46. The molecule has 1 heterocycles. The normalized spacial score (nSPS) is 19.1. The van der Waals surface area contributed by atoms with Gasteiger partial charge in [-0.1, -0.05) is 32.0 Å². The topological polar surface area (TPSA) is 32.5 Å². The highest BCUT2D eigenvalue weighted by molar-refractivity contribution is 5.20. The molecule has 1 aliphatic heterocycles. The van der Waals surface area contributed by atoms with E-state index in [1.54, 1.807) is 12.1 Å². The zero-order valence-corrected chi connectivity index (χ0v) is 13.3. The van der Waals surface area contributed by atoms with Gasteiger partial charge in [0.1, 0.15) is 5.82 Å². The zero-order valence-electron chi connectivity index (χ0n) is 13.3. The predicted octanol–water partition coefficient (Wildman–Crippen LogP) is 2.49. The maximum Gasteiger partial charge on any atom is 0.127 e. The predicted molar refractivity (Wildman–Crippen MR) is 85.7 cm³/mol. The molecular formula is C17H28FN3. The lowest BCUT2D eigenvalue weighted by atomic mass is 10.0. The summed E-state index contributed by atoms with van der Waals surface area (Å²) in [6, 6.07) is 6.63. The van der Waals surface area contributed by atoms with Crippen molar-refractivity contribution in [1.82, 2.24) is 9.80 Å². The summed E-state index contributed by atoms with van der Waals surface area (Å²) in [4.78, 5) is 4.97. The number of hydrogen-bond acceptors (Lipinski definition) is 3. The summed E-state index contributed by atoms with van der Waals surface area (Å²) in [6.07, 6.45) is 0.811. The van der Waals surface area contributed by atoms with E-state index in [1.807, 2.05) is 6.07 Å². The van der Waals surface area contributed by atoms with Crippen LogP contribution in [0, 0.1) is 11.7 Å². The van der Waals surface area contributed by atoms with Gasteiger partial charge in [-0.05, 0) is 18.4 Å². The second kappa shape index (κ2) is 7.87. The number of nitrogens with zero attached hydrogens (tertiary/aromatic N) is 2. The lowest BCUT2D eigenvalue weighted by Gasteiger charge is -2.35. The number of halogens is 1. The van der Waals surface area contributed by atoms with E-state index in [1.165, 1.54) is 12.6 Å². The molecule has 1 fully saturated rings. The van der Waals surface area contributed by atoms with Crippen LogP contribution in [0.5, 0.6) is 0 Å². The molecule has 0 radical (unpaired) electrons. The Bertz CT molecular complexity index is 428. The summed E-state index contributed by atoms with van der Waals surface area (Å²) >= 11 is 0. The largest absolute Gasteiger partial charge is 0.324 e. The second-order valence-corrected chi connectivity index (χ2v) is 6.45. The summed E-state index contributed by atoms with van der Waals surface area (Å²) in [5, 5.41) is 0. The SMILES string of the molecule is CC(C)CN1CCN(CCC(N)c2ccccc2F)CC1. The Hall–Kier alpha value is -0.970. The highest BCUT2D eigenvalue weighted by Crippen LogP contribution is 2.18. The van der Waals surface area contributed by atoms with E-state index in [0.29, 0.717) is 5.56 Å². The molecule has 118 valence electrons. The molecule has 1 aromatic carbocycles. The van der Waals surface area contributed by atoms with E-state index >= 15 is 0 Å². The first-order valence-corrected chi connectivity index (χ1v) is 8.01. The molecule has 2 rings (SSSR count). The van der Waals surface area contributed by atoms with Gasteiger partial charge in [0.25, 0.3) is 0 Å². The molecule has 3 nitrogen and oxygen atoms in total. The van der Waals surface area contributed by atoms with Crippen molar-refractivity contribution in [3.63, 3.8) is 0 Å². The van der Waals surface area contributed by atoms with Crippen LogP contribution in [0.3, 0.4) is 0 Å². The molecule has 0 aliphatic carbocycles. The molecule has 0 spiro atoms. The third-order valence-corrected chi connectivity index (χ3v) is 4.15. The fourth-order valence-corrected chi connectivity index (χ4v) is 2.96. The number of rotatable bonds is 6. The van der Waals surface area contributed by atoms with Crippen molar-refractivity contribution in [3.8, 4) is 0 Å². The Balaban J connectivity index is 1.73. The Morgan fingerprint density at radius 3 is 2.33 bits per heavy atom. The van der Waals surface area contributed by atoms with E-state index in [2.05, 4.69) is 23.6 Å². The minimum absolute atomic E-state index is 0.188. The molecule has 1 saturated heterocycles. The van der Waals surface area contributed by atoms with Gasteiger partial charge in [0.15, 0.2) is 0 Å². The van der Waals surface area contributed by atoms with Crippen LogP contribution in [0.1, 0.15) is 31.9 Å². The molecule has 1 atom stereocenters. The van der Waals surface area contributed by atoms with Crippen molar-refractivity contribution in [2.24, 2.45) is 11.7 Å². The van der Waals surface area contributed by atoms with E-state index in [9.17, 15) is 4.39 Å². The first-order chi connectivity index (χ1) is 10.1. The van der Waals surface area contributed by atoms with Crippen molar-refractivity contribution in [3.05, 3.63) is 35.6 Å². The Kier molecular flexibility index (Phi) is 6.15. The molecule has 21 heavy (non-hydrogen) atoms. The van der Waals surface area contributed by atoms with Gasteiger partial charge in [0, 0.05) is 50.9 Å². The Morgan fingerprint density at radius 2 is 1.71 bits per heavy atom. The maximum absolute atomic E-state index is 13.7. The number of piperazine rings is 1. The molecule has 0 saturated carbocycles. The van der Waals surface area contributed by atoms with Gasteiger partial charge in [0.2, 0.25) is 0 Å². The second-order valence-electron chi connectivity index (χ2n) is 6.45. The summed E-state index contributed by atoms with van der Waals surface area (Å²) < 4.78 is 13.7. The number of hydrogen-bond donors (Lipinski definition) is 1. The molecular weight excluding hydrogens is 265 g/mol. The van der Waals surface area contributed by atoms with Crippen LogP contribution in [0.15, 0.2) is 24.3 Å². The van der Waals surface area contributed by atoms with E-state index in [4.69, 9.17) is 5.73 Å². The highest BCUT2D eigenvalue weighted by atomic mass is 19.1. The van der Waals surface area contributed by atoms with Crippen LogP contribution in [0.25, 0.3) is 0 Å². The van der Waals surface area contributed by atoms with Gasteiger partial charge < -0.3 is 15.5 Å². The lowest BCUT2D eigenvalue weighted by Crippen LogP contribution is -2.47. The molecule has 0 bridgehead atoms. The maximum atomic E-state index is 13.7. The smallest absolute Gasteiger partial charge is 0.127 e. The van der Waals surface area contributed by atoms with Gasteiger partial charge in [-0.25, -0.2) is 4.39 Å². The Morgan fingerprint density at radius 1 is 1.10 bits per heavy atom. The first-order valence-electron chi connectivity index (χ1n) is 8.01. The monoisotopic (exact) mass is 293 g/mol. The molecule has 4 heteroatoms. The average molecular weight is 293 g/mol. The standard InChI is InChI=1S/C17H28FN3/c1-14(2)13-21-11-9-20(10-12-21)8-7-17(19)15-5-3-4-6-16(15)18/h3-6,14,17H,7-13,19H2,1-2H3. The van der Waals surface area contributed by atoms with Crippen molar-refractivity contribution < 1.29 is 4.39 Å². The fraction of sp³-hybridized carbons (Fsp3) is 0.647. The molecule has 0 aromatic heterocycles. The summed E-state index contributed by atoms with van der Waals surface area (Å²) in [6.45, 7) is 11.1. The van der Waals surface area contributed by atoms with Crippen LogP contribution in [0.4, 0.5) is 4.39 Å². The van der Waals surface area contributed by atoms with Crippen LogP contribution in [-0.2, 0) is 0 Å². The van der Waals surface area contributed by atoms with Gasteiger partial charge in [-0.2, -0.15) is 0 Å². The van der Waals surface area contributed by atoms with Crippen molar-refractivity contribution in [2.75, 3.05) is 39.3 Å². The Labute approximate surface area is 127 Å².